The molecule has 64 valence electrons. The number of hydrogen-bond acceptors (Lipinski definition) is 3. The minimum atomic E-state index is -0.755. The Kier molecular flexibility index (Phi) is 5.65. The third-order valence-corrected chi connectivity index (χ3v) is 1.55. The van der Waals surface area contributed by atoms with Gasteiger partial charge in [-0.25, -0.2) is 0 Å². The van der Waals surface area contributed by atoms with Crippen LogP contribution in [-0.2, 0) is 4.79 Å². The van der Waals surface area contributed by atoms with Crippen molar-refractivity contribution >= 4 is 5.78 Å². The summed E-state index contributed by atoms with van der Waals surface area (Å²) < 4.78 is 0. The van der Waals surface area contributed by atoms with Crippen molar-refractivity contribution in [2.45, 2.75) is 32.6 Å². The monoisotopic (exact) mass is 164 g/mol. The number of hydrogen-bond donors (Lipinski definition) is 0. The number of Topliss-reactive ketones (excluding diaryl/α,β-unsaturated/α-hetero) is 1. The normalized spacial score (nSPS) is 9.00. The first-order chi connectivity index (χ1) is 5.74. The predicted molar refractivity (Wildman–Crippen MR) is 43.9 cm³/mol. The Balaban J connectivity index is 3.71. The van der Waals surface area contributed by atoms with Gasteiger partial charge in [0.15, 0.2) is 0 Å². The summed E-state index contributed by atoms with van der Waals surface area (Å²) in [5, 5.41) is 16.8. The Labute approximate surface area is 72.6 Å². The van der Waals surface area contributed by atoms with Crippen LogP contribution in [0.15, 0.2) is 0 Å². The lowest BCUT2D eigenvalue weighted by atomic mass is 10.0. The van der Waals surface area contributed by atoms with Gasteiger partial charge in [-0.1, -0.05) is 13.3 Å². The molecule has 0 saturated heterocycles. The van der Waals surface area contributed by atoms with Crippen LogP contribution in [0, 0.1) is 28.6 Å². The molecule has 3 nitrogen and oxygen atoms in total. The van der Waals surface area contributed by atoms with Gasteiger partial charge in [0.25, 0.3) is 0 Å². The van der Waals surface area contributed by atoms with Gasteiger partial charge < -0.3 is 0 Å². The Hall–Kier alpha value is -1.35. The Morgan fingerprint density at radius 2 is 2.00 bits per heavy atom. The molecule has 0 heterocycles. The quantitative estimate of drug-likeness (QED) is 0.622. The van der Waals surface area contributed by atoms with E-state index in [-0.39, 0.29) is 12.2 Å². The van der Waals surface area contributed by atoms with E-state index in [4.69, 9.17) is 10.5 Å². The largest absolute Gasteiger partial charge is 0.300 e. The van der Waals surface area contributed by atoms with Gasteiger partial charge in [0, 0.05) is 12.8 Å². The van der Waals surface area contributed by atoms with Crippen molar-refractivity contribution in [3.05, 3.63) is 0 Å². The van der Waals surface area contributed by atoms with Crippen LogP contribution in [0.3, 0.4) is 0 Å². The number of carbonyl (C=O) groups excluding carboxylic acids is 1. The fourth-order valence-corrected chi connectivity index (χ4v) is 0.824. The van der Waals surface area contributed by atoms with Crippen LogP contribution in [0.25, 0.3) is 0 Å². The van der Waals surface area contributed by atoms with E-state index in [2.05, 4.69) is 0 Å². The molecule has 0 N–H and O–H groups in total. The fraction of sp³-hybridized carbons (Fsp3) is 0.667. The van der Waals surface area contributed by atoms with Crippen LogP contribution in [0.2, 0.25) is 0 Å². The SMILES string of the molecule is CCCCC(=O)CC(C#N)C#N. The first-order valence-electron chi connectivity index (χ1n) is 4.05. The van der Waals surface area contributed by atoms with Gasteiger partial charge in [-0.3, -0.25) is 4.79 Å². The Morgan fingerprint density at radius 3 is 2.42 bits per heavy atom. The van der Waals surface area contributed by atoms with E-state index in [1.54, 1.807) is 12.1 Å². The number of rotatable bonds is 5. The summed E-state index contributed by atoms with van der Waals surface area (Å²) >= 11 is 0. The number of nitrogens with zero attached hydrogens (tertiary/aromatic N) is 2. The van der Waals surface area contributed by atoms with Crippen LogP contribution < -0.4 is 0 Å². The molecule has 0 aromatic carbocycles. The Bertz CT molecular complexity index is 208. The van der Waals surface area contributed by atoms with Gasteiger partial charge in [-0.15, -0.1) is 0 Å². The molecule has 0 aliphatic rings. The molecule has 3 heteroatoms. The van der Waals surface area contributed by atoms with E-state index in [9.17, 15) is 4.79 Å². The van der Waals surface area contributed by atoms with Gasteiger partial charge in [0.1, 0.15) is 11.7 Å². The zero-order valence-corrected chi connectivity index (χ0v) is 7.21. The molecule has 0 bridgehead atoms. The maximum Gasteiger partial charge on any atom is 0.140 e. The third-order valence-electron chi connectivity index (χ3n) is 1.55. The highest BCUT2D eigenvalue weighted by Crippen LogP contribution is 2.05. The molecule has 0 aromatic rings. The van der Waals surface area contributed by atoms with Crippen molar-refractivity contribution in [1.29, 1.82) is 10.5 Å². The van der Waals surface area contributed by atoms with E-state index in [0.29, 0.717) is 6.42 Å². The van der Waals surface area contributed by atoms with E-state index in [1.165, 1.54) is 0 Å². The first kappa shape index (κ1) is 10.7. The average molecular weight is 164 g/mol. The highest BCUT2D eigenvalue weighted by Gasteiger charge is 2.10. The van der Waals surface area contributed by atoms with Crippen molar-refractivity contribution in [1.82, 2.24) is 0 Å². The van der Waals surface area contributed by atoms with E-state index < -0.39 is 5.92 Å². The summed E-state index contributed by atoms with van der Waals surface area (Å²) in [5.41, 5.74) is 0. The molecule has 0 saturated carbocycles. The van der Waals surface area contributed by atoms with Crippen LogP contribution in [0.1, 0.15) is 32.6 Å². The van der Waals surface area contributed by atoms with Gasteiger partial charge in [0.2, 0.25) is 0 Å². The molecule has 0 spiro atoms. The average Bonchev–Trinajstić information content (AvgIpc) is 2.10. The molecular weight excluding hydrogens is 152 g/mol. The molecule has 0 aromatic heterocycles. The maximum atomic E-state index is 11.0. The lowest BCUT2D eigenvalue weighted by Crippen LogP contribution is -2.04. The minimum absolute atomic E-state index is 0.0185. The second-order valence-corrected chi connectivity index (χ2v) is 2.66. The molecule has 0 rings (SSSR count). The standard InChI is InChI=1S/C9H12N2O/c1-2-3-4-9(12)5-8(6-10)7-11/h8H,2-5H2,1H3. The first-order valence-corrected chi connectivity index (χ1v) is 4.05. The molecule has 0 aliphatic heterocycles. The van der Waals surface area contributed by atoms with Gasteiger partial charge >= 0.3 is 0 Å². The van der Waals surface area contributed by atoms with Gasteiger partial charge in [0.05, 0.1) is 12.1 Å². The number of unbranched alkanes of at least 4 members (excludes halogenated alkanes) is 1. The third kappa shape index (κ3) is 4.46. The summed E-state index contributed by atoms with van der Waals surface area (Å²) in [5.74, 6) is -0.737. The summed E-state index contributed by atoms with van der Waals surface area (Å²) in [4.78, 5) is 11.0. The van der Waals surface area contributed by atoms with E-state index in [0.717, 1.165) is 12.8 Å². The number of nitriles is 2. The van der Waals surface area contributed by atoms with Crippen molar-refractivity contribution in [2.24, 2.45) is 5.92 Å². The Morgan fingerprint density at radius 1 is 1.42 bits per heavy atom. The second kappa shape index (κ2) is 6.37. The van der Waals surface area contributed by atoms with Crippen molar-refractivity contribution in [3.8, 4) is 12.1 Å². The molecule has 0 atom stereocenters. The smallest absolute Gasteiger partial charge is 0.140 e. The lowest BCUT2D eigenvalue weighted by Gasteiger charge is -1.97. The summed E-state index contributed by atoms with van der Waals surface area (Å²) in [7, 11) is 0. The molecule has 0 amide bonds. The maximum absolute atomic E-state index is 11.0. The minimum Gasteiger partial charge on any atom is -0.300 e. The van der Waals surface area contributed by atoms with Gasteiger partial charge in [-0.05, 0) is 6.42 Å². The summed E-state index contributed by atoms with van der Waals surface area (Å²) in [6.07, 6.45) is 2.40. The molecule has 0 unspecified atom stereocenters. The van der Waals surface area contributed by atoms with Crippen molar-refractivity contribution in [3.63, 3.8) is 0 Å². The molecular formula is C9H12N2O. The summed E-state index contributed by atoms with van der Waals surface area (Å²) in [6, 6.07) is 3.55. The zero-order chi connectivity index (χ0) is 9.40. The van der Waals surface area contributed by atoms with Crippen molar-refractivity contribution < 1.29 is 4.79 Å². The predicted octanol–water partition coefficient (Wildman–Crippen LogP) is 1.80. The fourth-order valence-electron chi connectivity index (χ4n) is 0.824. The van der Waals surface area contributed by atoms with E-state index >= 15 is 0 Å². The molecule has 0 fully saturated rings. The molecule has 12 heavy (non-hydrogen) atoms. The van der Waals surface area contributed by atoms with Crippen LogP contribution in [-0.4, -0.2) is 5.78 Å². The highest BCUT2D eigenvalue weighted by molar-refractivity contribution is 5.79. The van der Waals surface area contributed by atoms with Crippen LogP contribution in [0.5, 0.6) is 0 Å². The number of carbonyl (C=O) groups is 1. The topological polar surface area (TPSA) is 64.7 Å². The van der Waals surface area contributed by atoms with Gasteiger partial charge in [-0.2, -0.15) is 10.5 Å². The molecule has 0 aliphatic carbocycles. The van der Waals surface area contributed by atoms with Crippen molar-refractivity contribution in [2.75, 3.05) is 0 Å². The molecule has 0 radical (unpaired) electrons. The second-order valence-electron chi connectivity index (χ2n) is 2.66. The number of ketones is 1. The highest BCUT2D eigenvalue weighted by atomic mass is 16.1. The van der Waals surface area contributed by atoms with Crippen LogP contribution in [0.4, 0.5) is 0 Å². The van der Waals surface area contributed by atoms with Crippen LogP contribution >= 0.6 is 0 Å². The zero-order valence-electron chi connectivity index (χ0n) is 7.21. The van der Waals surface area contributed by atoms with E-state index in [1.807, 2.05) is 6.92 Å². The lowest BCUT2D eigenvalue weighted by molar-refractivity contribution is -0.119. The summed E-state index contributed by atoms with van der Waals surface area (Å²) in [6.45, 7) is 2.00.